The van der Waals surface area contributed by atoms with Gasteiger partial charge in [0.2, 0.25) is 5.72 Å². The molecule has 2 N–H and O–H groups in total. The topological polar surface area (TPSA) is 77.9 Å². The van der Waals surface area contributed by atoms with Gasteiger partial charge in [0, 0.05) is 61.0 Å². The molecule has 1 aliphatic heterocycles. The molecule has 0 radical (unpaired) electrons. The summed E-state index contributed by atoms with van der Waals surface area (Å²) < 4.78 is 45.3. The number of carbonyl (C=O) groups excluding carboxylic acids is 1. The Kier molecular flexibility index (Phi) is 9.43. The van der Waals surface area contributed by atoms with Gasteiger partial charge >= 0.3 is 6.18 Å². The lowest BCUT2D eigenvalue weighted by molar-refractivity contribution is -0.148. The molecule has 0 bridgehead atoms. The molecule has 0 saturated carbocycles. The van der Waals surface area contributed by atoms with Gasteiger partial charge in [-0.15, -0.1) is 0 Å². The number of likely N-dealkylation sites (N-methyl/N-ethyl adjacent to an activating group) is 1. The number of amides is 1. The van der Waals surface area contributed by atoms with Crippen LogP contribution in [0.5, 0.6) is 0 Å². The number of aliphatic hydroxyl groups is 1. The molecule has 7 nitrogen and oxygen atoms in total. The quantitative estimate of drug-likeness (QED) is 0.198. The van der Waals surface area contributed by atoms with Crippen LogP contribution in [0.3, 0.4) is 0 Å². The fourth-order valence-corrected chi connectivity index (χ4v) is 5.29. The van der Waals surface area contributed by atoms with E-state index in [4.69, 9.17) is 16.3 Å². The number of hydrogen-bond donors (Lipinski definition) is 2. The van der Waals surface area contributed by atoms with Crippen molar-refractivity contribution in [2.24, 2.45) is 0 Å². The van der Waals surface area contributed by atoms with Gasteiger partial charge in [-0.05, 0) is 54.6 Å². The van der Waals surface area contributed by atoms with E-state index in [0.717, 1.165) is 34.3 Å². The van der Waals surface area contributed by atoms with E-state index in [0.29, 0.717) is 30.2 Å². The summed E-state index contributed by atoms with van der Waals surface area (Å²) in [5, 5.41) is 16.9. The first-order valence-corrected chi connectivity index (χ1v) is 14.5. The highest BCUT2D eigenvalue weighted by Gasteiger charge is 2.48. The van der Waals surface area contributed by atoms with Crippen LogP contribution in [0, 0.1) is 0 Å². The van der Waals surface area contributed by atoms with Crippen molar-refractivity contribution in [2.75, 3.05) is 38.5 Å². The highest BCUT2D eigenvalue weighted by molar-refractivity contribution is 6.31. The molecule has 0 spiro atoms. The Balaban J connectivity index is 1.25. The summed E-state index contributed by atoms with van der Waals surface area (Å²) in [4.78, 5) is 20.9. The molecule has 1 aromatic heterocycles. The second-order valence-electron chi connectivity index (χ2n) is 10.7. The minimum atomic E-state index is -4.48. The van der Waals surface area contributed by atoms with Gasteiger partial charge in [-0.1, -0.05) is 54.1 Å². The first-order valence-electron chi connectivity index (χ1n) is 14.1. The number of rotatable bonds is 12. The van der Waals surface area contributed by atoms with Crippen LogP contribution in [-0.4, -0.2) is 64.7 Å². The van der Waals surface area contributed by atoms with Crippen molar-refractivity contribution in [3.05, 3.63) is 119 Å². The molecular weight excluding hydrogens is 593 g/mol. The predicted molar refractivity (Wildman–Crippen MR) is 164 cm³/mol. The summed E-state index contributed by atoms with van der Waals surface area (Å²) in [6, 6.07) is 21.3. The Hall–Kier alpha value is -4.12. The Morgan fingerprint density at radius 3 is 2.50 bits per heavy atom. The van der Waals surface area contributed by atoms with Crippen LogP contribution in [-0.2, 0) is 28.7 Å². The third-order valence-electron chi connectivity index (χ3n) is 7.55. The molecule has 1 amide bonds. The predicted octanol–water partition coefficient (Wildman–Crippen LogP) is 6.12. The minimum absolute atomic E-state index is 0.0558. The SMILES string of the molecule is CN(CCNc1ccnc2cc(Cl)ccc12)CCN1C(=O)C=C(OCc2ccccc2)C1(O)Cc1ccc(C(F)(F)F)cc1. The van der Waals surface area contributed by atoms with E-state index in [-0.39, 0.29) is 25.3 Å². The summed E-state index contributed by atoms with van der Waals surface area (Å²) in [7, 11) is 1.90. The Morgan fingerprint density at radius 2 is 1.77 bits per heavy atom. The van der Waals surface area contributed by atoms with Crippen LogP contribution in [0.2, 0.25) is 5.02 Å². The molecule has 11 heteroatoms. The lowest BCUT2D eigenvalue weighted by atomic mass is 9.99. The summed E-state index contributed by atoms with van der Waals surface area (Å²) in [6.45, 7) is 1.94. The van der Waals surface area contributed by atoms with Gasteiger partial charge in [-0.25, -0.2) is 0 Å². The third kappa shape index (κ3) is 7.32. The molecule has 1 unspecified atom stereocenters. The number of aromatic nitrogens is 1. The number of alkyl halides is 3. The molecule has 1 atom stereocenters. The van der Waals surface area contributed by atoms with E-state index in [1.165, 1.54) is 23.1 Å². The molecule has 2 heterocycles. The number of fused-ring (bicyclic) bond motifs is 1. The van der Waals surface area contributed by atoms with E-state index in [1.807, 2.05) is 60.5 Å². The van der Waals surface area contributed by atoms with Crippen LogP contribution in [0.1, 0.15) is 16.7 Å². The van der Waals surface area contributed by atoms with Gasteiger partial charge in [0.05, 0.1) is 11.1 Å². The number of ether oxygens (including phenoxy) is 1. The van der Waals surface area contributed by atoms with Crippen molar-refractivity contribution >= 4 is 34.1 Å². The smallest absolute Gasteiger partial charge is 0.416 e. The normalized spacial score (nSPS) is 16.9. The van der Waals surface area contributed by atoms with E-state index in [9.17, 15) is 23.1 Å². The van der Waals surface area contributed by atoms with Gasteiger partial charge in [0.15, 0.2) is 5.76 Å². The summed E-state index contributed by atoms with van der Waals surface area (Å²) in [6.07, 6.45) is -1.64. The summed E-state index contributed by atoms with van der Waals surface area (Å²) >= 11 is 6.09. The van der Waals surface area contributed by atoms with Gasteiger partial charge in [0.25, 0.3) is 5.91 Å². The maximum absolute atomic E-state index is 13.2. The second kappa shape index (κ2) is 13.3. The van der Waals surface area contributed by atoms with Gasteiger partial charge in [0.1, 0.15) is 6.61 Å². The fourth-order valence-electron chi connectivity index (χ4n) is 5.13. The van der Waals surface area contributed by atoms with Crippen LogP contribution >= 0.6 is 11.6 Å². The van der Waals surface area contributed by atoms with E-state index < -0.39 is 23.4 Å². The molecule has 3 aromatic carbocycles. The van der Waals surface area contributed by atoms with Crippen LogP contribution < -0.4 is 5.32 Å². The zero-order valence-electron chi connectivity index (χ0n) is 24.0. The van der Waals surface area contributed by atoms with Crippen molar-refractivity contribution in [1.82, 2.24) is 14.8 Å². The maximum atomic E-state index is 13.2. The van der Waals surface area contributed by atoms with Crippen molar-refractivity contribution in [1.29, 1.82) is 0 Å². The van der Waals surface area contributed by atoms with Crippen molar-refractivity contribution in [2.45, 2.75) is 24.9 Å². The Labute approximate surface area is 258 Å². The lowest BCUT2D eigenvalue weighted by Gasteiger charge is -2.36. The zero-order valence-corrected chi connectivity index (χ0v) is 24.8. The van der Waals surface area contributed by atoms with Gasteiger partial charge < -0.3 is 25.0 Å². The molecule has 0 aliphatic carbocycles. The van der Waals surface area contributed by atoms with Crippen molar-refractivity contribution in [3.8, 4) is 0 Å². The van der Waals surface area contributed by atoms with E-state index >= 15 is 0 Å². The number of hydrogen-bond acceptors (Lipinski definition) is 6. The van der Waals surface area contributed by atoms with Crippen LogP contribution in [0.4, 0.5) is 18.9 Å². The molecule has 230 valence electrons. The number of benzene rings is 3. The second-order valence-corrected chi connectivity index (χ2v) is 11.1. The average molecular weight is 625 g/mol. The highest BCUT2D eigenvalue weighted by Crippen LogP contribution is 2.35. The fraction of sp³-hybridized carbons (Fsp3) is 0.273. The van der Waals surface area contributed by atoms with Crippen molar-refractivity contribution in [3.63, 3.8) is 0 Å². The largest absolute Gasteiger partial charge is 0.488 e. The molecule has 0 saturated heterocycles. The third-order valence-corrected chi connectivity index (χ3v) is 7.78. The van der Waals surface area contributed by atoms with Crippen LogP contribution in [0.15, 0.2) is 96.9 Å². The maximum Gasteiger partial charge on any atom is 0.416 e. The molecule has 0 fully saturated rings. The summed E-state index contributed by atoms with van der Waals surface area (Å²) in [5.41, 5.74) is 0.314. The summed E-state index contributed by atoms with van der Waals surface area (Å²) in [5.74, 6) is -0.379. The number of halogens is 4. The minimum Gasteiger partial charge on any atom is -0.488 e. The molecule has 4 aromatic rings. The molecular formula is C33H32ClF3N4O3. The van der Waals surface area contributed by atoms with Gasteiger partial charge in [-0.3, -0.25) is 9.78 Å². The number of anilines is 1. The van der Waals surface area contributed by atoms with E-state index in [1.54, 1.807) is 12.3 Å². The highest BCUT2D eigenvalue weighted by atomic mass is 35.5. The van der Waals surface area contributed by atoms with Crippen LogP contribution in [0.25, 0.3) is 10.9 Å². The zero-order chi connectivity index (χ0) is 31.3. The molecule has 1 aliphatic rings. The monoisotopic (exact) mass is 624 g/mol. The molecule has 5 rings (SSSR count). The average Bonchev–Trinajstić information content (AvgIpc) is 3.22. The first kappa shape index (κ1) is 31.3. The lowest BCUT2D eigenvalue weighted by Crippen LogP contribution is -2.52. The Bertz CT molecular complexity index is 1630. The first-order chi connectivity index (χ1) is 21.0. The number of carbonyl (C=O) groups is 1. The standard InChI is InChI=1S/C33H32ClF3N4O3/c1-40(16-15-39-28-13-14-38-29-19-26(34)11-12-27(28)29)17-18-41-31(42)20-30(44-22-24-5-3-2-4-6-24)32(41,43)21-23-7-9-25(10-8-23)33(35,36)37/h2-14,19-20,43H,15-18,21-22H2,1H3,(H,38,39). The number of nitrogens with one attached hydrogen (secondary N) is 1. The molecule has 44 heavy (non-hydrogen) atoms. The van der Waals surface area contributed by atoms with Gasteiger partial charge in [-0.2, -0.15) is 13.2 Å². The number of nitrogens with zero attached hydrogens (tertiary/aromatic N) is 3. The Morgan fingerprint density at radius 1 is 1.02 bits per heavy atom. The number of pyridine rings is 1. The van der Waals surface area contributed by atoms with E-state index in [2.05, 4.69) is 10.3 Å². The van der Waals surface area contributed by atoms with Crippen molar-refractivity contribution < 1.29 is 27.8 Å².